The van der Waals surface area contributed by atoms with Crippen molar-refractivity contribution in [1.29, 1.82) is 0 Å². The third kappa shape index (κ3) is 7.36. The van der Waals surface area contributed by atoms with Gasteiger partial charge in [-0.1, -0.05) is 35.9 Å². The zero-order valence-electron chi connectivity index (χ0n) is 20.0. The number of esters is 1. The van der Waals surface area contributed by atoms with Gasteiger partial charge in [-0.3, -0.25) is 4.79 Å². The van der Waals surface area contributed by atoms with Gasteiger partial charge in [0.2, 0.25) is 5.69 Å². The third-order valence-corrected chi connectivity index (χ3v) is 6.09. The second kappa shape index (κ2) is 10.9. The highest BCUT2D eigenvalue weighted by Gasteiger charge is 2.35. The molecule has 2 aromatic carbocycles. The lowest BCUT2D eigenvalue weighted by atomic mass is 10.0. The fraction of sp³-hybridized carbons (Fsp3) is 0.462. The van der Waals surface area contributed by atoms with Gasteiger partial charge in [-0.05, 0) is 51.0 Å². The first-order chi connectivity index (χ1) is 16.4. The van der Waals surface area contributed by atoms with Crippen LogP contribution in [0.1, 0.15) is 44.7 Å². The summed E-state index contributed by atoms with van der Waals surface area (Å²) in [5.74, 6) is -0.279. The molecule has 0 amide bonds. The zero-order chi connectivity index (χ0) is 25.8. The van der Waals surface area contributed by atoms with Crippen LogP contribution in [0.4, 0.5) is 24.5 Å². The Morgan fingerprint density at radius 2 is 1.94 bits per heavy atom. The molecule has 2 aromatic rings. The van der Waals surface area contributed by atoms with Gasteiger partial charge in [-0.2, -0.15) is 13.2 Å². The van der Waals surface area contributed by atoms with Crippen LogP contribution in [-0.2, 0) is 22.3 Å². The molecule has 0 aromatic heterocycles. The van der Waals surface area contributed by atoms with E-state index in [-0.39, 0.29) is 41.3 Å². The van der Waals surface area contributed by atoms with Gasteiger partial charge in [0.05, 0.1) is 18.6 Å². The lowest BCUT2D eigenvalue weighted by Crippen LogP contribution is -2.38. The molecule has 1 atom stereocenters. The Morgan fingerprint density at radius 3 is 2.57 bits per heavy atom. The van der Waals surface area contributed by atoms with Crippen molar-refractivity contribution in [2.75, 3.05) is 24.5 Å². The standard InChI is InChI=1S/C26H29ClF3N3O2/c1-25(2,3)35-24(34)12-14-32-13-11-20(17-32)33(19-9-10-23(31-4)22(27)15-19)16-18-7-5-6-8-21(18)26(28,29)30/h5-10,15,20H,11-14,16-17H2,1-3H3/t20-/m0/s1. The van der Waals surface area contributed by atoms with E-state index >= 15 is 0 Å². The quantitative estimate of drug-likeness (QED) is 0.308. The van der Waals surface area contributed by atoms with Crippen molar-refractivity contribution < 1.29 is 22.7 Å². The average molecular weight is 508 g/mol. The molecule has 9 heteroatoms. The molecule has 0 bridgehead atoms. The molecular weight excluding hydrogens is 479 g/mol. The van der Waals surface area contributed by atoms with E-state index in [1.165, 1.54) is 12.1 Å². The second-order valence-corrected chi connectivity index (χ2v) is 10.0. The number of carbonyl (C=O) groups is 1. The monoisotopic (exact) mass is 507 g/mol. The first-order valence-electron chi connectivity index (χ1n) is 11.4. The van der Waals surface area contributed by atoms with Gasteiger partial charge in [0.15, 0.2) is 0 Å². The number of nitrogens with zero attached hydrogens (tertiary/aromatic N) is 3. The zero-order valence-corrected chi connectivity index (χ0v) is 20.8. The maximum absolute atomic E-state index is 13.7. The van der Waals surface area contributed by atoms with Crippen LogP contribution < -0.4 is 4.90 Å². The first-order valence-corrected chi connectivity index (χ1v) is 11.8. The predicted octanol–water partition coefficient (Wildman–Crippen LogP) is 6.72. The van der Waals surface area contributed by atoms with E-state index in [9.17, 15) is 18.0 Å². The van der Waals surface area contributed by atoms with Crippen LogP contribution in [0.25, 0.3) is 4.85 Å². The molecule has 0 unspecified atom stereocenters. The number of hydrogen-bond donors (Lipinski definition) is 0. The summed E-state index contributed by atoms with van der Waals surface area (Å²) >= 11 is 6.27. The summed E-state index contributed by atoms with van der Waals surface area (Å²) in [4.78, 5) is 19.5. The molecule has 1 aliphatic heterocycles. The normalized spacial score (nSPS) is 16.7. The van der Waals surface area contributed by atoms with Gasteiger partial charge in [0.1, 0.15) is 5.60 Å². The van der Waals surface area contributed by atoms with Crippen LogP contribution in [0.2, 0.25) is 5.02 Å². The highest BCUT2D eigenvalue weighted by molar-refractivity contribution is 6.33. The van der Waals surface area contributed by atoms with Crippen molar-refractivity contribution in [1.82, 2.24) is 4.90 Å². The summed E-state index contributed by atoms with van der Waals surface area (Å²) in [6.45, 7) is 14.5. The van der Waals surface area contributed by atoms with Crippen molar-refractivity contribution in [3.8, 4) is 0 Å². The summed E-state index contributed by atoms with van der Waals surface area (Å²) in [6, 6.07) is 10.4. The molecule has 1 aliphatic rings. The molecule has 0 N–H and O–H groups in total. The molecule has 0 radical (unpaired) electrons. The number of ether oxygens (including phenoxy) is 1. The fourth-order valence-corrected chi connectivity index (χ4v) is 4.44. The predicted molar refractivity (Wildman–Crippen MR) is 131 cm³/mol. The molecule has 3 rings (SSSR count). The molecule has 0 saturated carbocycles. The summed E-state index contributed by atoms with van der Waals surface area (Å²) in [5.41, 5.74) is -0.120. The van der Waals surface area contributed by atoms with E-state index in [0.29, 0.717) is 31.7 Å². The lowest BCUT2D eigenvalue weighted by molar-refractivity contribution is -0.155. The van der Waals surface area contributed by atoms with Gasteiger partial charge in [0, 0.05) is 42.9 Å². The molecule has 1 fully saturated rings. The second-order valence-electron chi connectivity index (χ2n) is 9.61. The van der Waals surface area contributed by atoms with Crippen LogP contribution >= 0.6 is 11.6 Å². The Bertz CT molecular complexity index is 1090. The maximum Gasteiger partial charge on any atom is 0.416 e. The first kappa shape index (κ1) is 26.8. The van der Waals surface area contributed by atoms with Crippen LogP contribution in [0.3, 0.4) is 0 Å². The van der Waals surface area contributed by atoms with E-state index in [1.54, 1.807) is 24.3 Å². The third-order valence-electron chi connectivity index (χ3n) is 5.79. The van der Waals surface area contributed by atoms with Crippen molar-refractivity contribution in [2.24, 2.45) is 0 Å². The number of anilines is 1. The number of likely N-dealkylation sites (tertiary alicyclic amines) is 1. The van der Waals surface area contributed by atoms with E-state index in [4.69, 9.17) is 22.9 Å². The van der Waals surface area contributed by atoms with E-state index in [0.717, 1.165) is 6.07 Å². The van der Waals surface area contributed by atoms with Crippen LogP contribution in [-0.4, -0.2) is 42.1 Å². The summed E-state index contributed by atoms with van der Waals surface area (Å²) in [7, 11) is 0. The summed E-state index contributed by atoms with van der Waals surface area (Å²) < 4.78 is 46.4. The van der Waals surface area contributed by atoms with Crippen LogP contribution in [0.5, 0.6) is 0 Å². The molecular formula is C26H29ClF3N3O2. The van der Waals surface area contributed by atoms with Crippen molar-refractivity contribution >= 4 is 28.9 Å². The van der Waals surface area contributed by atoms with Gasteiger partial charge < -0.3 is 14.5 Å². The number of carbonyl (C=O) groups excluding carboxylic acids is 1. The summed E-state index contributed by atoms with van der Waals surface area (Å²) in [5, 5.41) is 0.256. The van der Waals surface area contributed by atoms with Gasteiger partial charge in [0.25, 0.3) is 0 Å². The highest BCUT2D eigenvalue weighted by atomic mass is 35.5. The van der Waals surface area contributed by atoms with Crippen molar-refractivity contribution in [3.63, 3.8) is 0 Å². The van der Waals surface area contributed by atoms with Crippen molar-refractivity contribution in [2.45, 2.75) is 58.0 Å². The molecule has 1 heterocycles. The molecule has 5 nitrogen and oxygen atoms in total. The number of halogens is 4. The lowest BCUT2D eigenvalue weighted by Gasteiger charge is -2.33. The van der Waals surface area contributed by atoms with Gasteiger partial charge >= 0.3 is 12.1 Å². The minimum Gasteiger partial charge on any atom is -0.460 e. The topological polar surface area (TPSA) is 37.1 Å². The molecule has 0 aliphatic carbocycles. The van der Waals surface area contributed by atoms with E-state index in [2.05, 4.69) is 9.74 Å². The van der Waals surface area contributed by atoms with Crippen LogP contribution in [0, 0.1) is 6.57 Å². The number of alkyl halides is 3. The minimum atomic E-state index is -4.47. The smallest absolute Gasteiger partial charge is 0.416 e. The van der Waals surface area contributed by atoms with Gasteiger partial charge in [-0.25, -0.2) is 4.85 Å². The molecule has 35 heavy (non-hydrogen) atoms. The number of rotatable bonds is 7. The number of benzene rings is 2. The average Bonchev–Trinajstić information content (AvgIpc) is 3.23. The van der Waals surface area contributed by atoms with Crippen LogP contribution in [0.15, 0.2) is 42.5 Å². The van der Waals surface area contributed by atoms with Crippen molar-refractivity contribution in [3.05, 3.63) is 70.0 Å². The Labute approximate surface area is 209 Å². The number of hydrogen-bond acceptors (Lipinski definition) is 4. The summed E-state index contributed by atoms with van der Waals surface area (Å²) in [6.07, 6.45) is -3.51. The Hall–Kier alpha value is -2.76. The molecule has 0 spiro atoms. The molecule has 1 saturated heterocycles. The molecule has 188 valence electrons. The Balaban J connectivity index is 1.82. The largest absolute Gasteiger partial charge is 0.460 e. The fourth-order valence-electron chi connectivity index (χ4n) is 4.23. The maximum atomic E-state index is 13.7. The minimum absolute atomic E-state index is 0.0357. The van der Waals surface area contributed by atoms with E-state index in [1.807, 2.05) is 25.7 Å². The Kier molecular flexibility index (Phi) is 8.34. The van der Waals surface area contributed by atoms with Gasteiger partial charge in [-0.15, -0.1) is 0 Å². The highest BCUT2D eigenvalue weighted by Crippen LogP contribution is 2.36. The SMILES string of the molecule is [C-]#[N+]c1ccc(N(Cc2ccccc2C(F)(F)F)[C@H]2CCN(CCC(=O)OC(C)(C)C)C2)cc1Cl. The Morgan fingerprint density at radius 1 is 1.23 bits per heavy atom. The van der Waals surface area contributed by atoms with E-state index < -0.39 is 17.3 Å².